The Bertz CT molecular complexity index is 502. The van der Waals surface area contributed by atoms with E-state index < -0.39 is 0 Å². The van der Waals surface area contributed by atoms with Crippen molar-refractivity contribution in [2.24, 2.45) is 0 Å². The molecule has 1 N–H and O–H groups in total. The van der Waals surface area contributed by atoms with Gasteiger partial charge in [0.1, 0.15) is 0 Å². The highest BCUT2D eigenvalue weighted by Crippen LogP contribution is 2.27. The fourth-order valence-electron chi connectivity index (χ4n) is 2.31. The first-order valence-corrected chi connectivity index (χ1v) is 5.92. The van der Waals surface area contributed by atoms with Crippen LogP contribution in [0.1, 0.15) is 24.5 Å². The summed E-state index contributed by atoms with van der Waals surface area (Å²) in [6.45, 7) is 2.09. The fraction of sp³-hybridized carbons (Fsp3) is 0.455. The standard InChI is InChI=1S/C11H13ClN4/c12-11-15-10(8-2-1-3-13-6-8)9-7-14-4-5-16(9)11/h4-5,7-8,13H,1-3,6H2. The van der Waals surface area contributed by atoms with E-state index in [0.717, 1.165) is 24.3 Å². The minimum absolute atomic E-state index is 0.459. The van der Waals surface area contributed by atoms with Crippen LogP contribution >= 0.6 is 11.6 Å². The molecule has 1 unspecified atom stereocenters. The first-order valence-electron chi connectivity index (χ1n) is 5.54. The number of aromatic nitrogens is 3. The second-order valence-corrected chi connectivity index (χ2v) is 4.48. The van der Waals surface area contributed by atoms with Crippen molar-refractivity contribution >= 4 is 17.1 Å². The Balaban J connectivity index is 2.08. The van der Waals surface area contributed by atoms with Gasteiger partial charge in [-0.25, -0.2) is 4.98 Å². The van der Waals surface area contributed by atoms with Crippen LogP contribution in [-0.4, -0.2) is 27.5 Å². The molecule has 2 aromatic rings. The molecule has 0 aromatic carbocycles. The molecule has 4 nitrogen and oxygen atoms in total. The number of hydrogen-bond acceptors (Lipinski definition) is 3. The third kappa shape index (κ3) is 1.58. The molecule has 1 saturated heterocycles. The Morgan fingerprint density at radius 1 is 1.50 bits per heavy atom. The Morgan fingerprint density at radius 3 is 3.25 bits per heavy atom. The number of rotatable bonds is 1. The maximum Gasteiger partial charge on any atom is 0.207 e. The Hall–Kier alpha value is -1.13. The van der Waals surface area contributed by atoms with Crippen LogP contribution in [0.2, 0.25) is 5.28 Å². The van der Waals surface area contributed by atoms with Crippen molar-refractivity contribution in [2.75, 3.05) is 13.1 Å². The Kier molecular flexibility index (Phi) is 2.53. The topological polar surface area (TPSA) is 42.2 Å². The highest BCUT2D eigenvalue weighted by atomic mass is 35.5. The van der Waals surface area contributed by atoms with Gasteiger partial charge in [-0.3, -0.25) is 9.38 Å². The lowest BCUT2D eigenvalue weighted by Gasteiger charge is -2.21. The highest BCUT2D eigenvalue weighted by Gasteiger charge is 2.21. The Labute approximate surface area is 98.7 Å². The minimum atomic E-state index is 0.459. The van der Waals surface area contributed by atoms with Gasteiger partial charge in [0, 0.05) is 24.9 Å². The first-order chi connectivity index (χ1) is 7.86. The lowest BCUT2D eigenvalue weighted by molar-refractivity contribution is 0.457. The predicted octanol–water partition coefficient (Wildman–Crippen LogP) is 1.85. The molecule has 5 heteroatoms. The van der Waals surface area contributed by atoms with E-state index in [4.69, 9.17) is 11.6 Å². The summed E-state index contributed by atoms with van der Waals surface area (Å²) in [5, 5.41) is 3.92. The van der Waals surface area contributed by atoms with Gasteiger partial charge in [0.2, 0.25) is 5.28 Å². The van der Waals surface area contributed by atoms with E-state index in [-0.39, 0.29) is 0 Å². The molecule has 0 saturated carbocycles. The second-order valence-electron chi connectivity index (χ2n) is 4.14. The van der Waals surface area contributed by atoms with Crippen LogP contribution < -0.4 is 5.32 Å². The van der Waals surface area contributed by atoms with Gasteiger partial charge in [-0.1, -0.05) is 0 Å². The van der Waals surface area contributed by atoms with Crippen LogP contribution in [0.5, 0.6) is 0 Å². The summed E-state index contributed by atoms with van der Waals surface area (Å²) in [4.78, 5) is 8.60. The van der Waals surface area contributed by atoms with Crippen molar-refractivity contribution in [3.05, 3.63) is 29.6 Å². The van der Waals surface area contributed by atoms with Crippen molar-refractivity contribution in [3.8, 4) is 0 Å². The van der Waals surface area contributed by atoms with Crippen LogP contribution in [-0.2, 0) is 0 Å². The molecule has 0 amide bonds. The Morgan fingerprint density at radius 2 is 2.44 bits per heavy atom. The molecule has 0 aliphatic carbocycles. The molecule has 0 spiro atoms. The van der Waals surface area contributed by atoms with E-state index in [0.29, 0.717) is 11.2 Å². The van der Waals surface area contributed by atoms with Gasteiger partial charge < -0.3 is 5.32 Å². The minimum Gasteiger partial charge on any atom is -0.316 e. The molecular weight excluding hydrogens is 224 g/mol. The predicted molar refractivity (Wildman–Crippen MR) is 62.8 cm³/mol. The van der Waals surface area contributed by atoms with Gasteiger partial charge in [-0.2, -0.15) is 0 Å². The molecule has 3 rings (SSSR count). The third-order valence-corrected chi connectivity index (χ3v) is 3.38. The lowest BCUT2D eigenvalue weighted by Crippen LogP contribution is -2.28. The van der Waals surface area contributed by atoms with Gasteiger partial charge in [0.25, 0.3) is 0 Å². The zero-order valence-corrected chi connectivity index (χ0v) is 9.61. The van der Waals surface area contributed by atoms with Crippen molar-refractivity contribution in [1.82, 2.24) is 19.7 Å². The van der Waals surface area contributed by atoms with Crippen molar-refractivity contribution in [1.29, 1.82) is 0 Å². The maximum absolute atomic E-state index is 6.10. The molecule has 1 aliphatic rings. The SMILES string of the molecule is Clc1nc(C2CCCNC2)c2cnccn12. The van der Waals surface area contributed by atoms with E-state index in [1.165, 1.54) is 12.8 Å². The quantitative estimate of drug-likeness (QED) is 0.822. The summed E-state index contributed by atoms with van der Waals surface area (Å²) in [7, 11) is 0. The number of piperidine rings is 1. The van der Waals surface area contributed by atoms with E-state index in [1.807, 2.05) is 16.8 Å². The number of hydrogen-bond donors (Lipinski definition) is 1. The first kappa shape index (κ1) is 10.1. The summed E-state index contributed by atoms with van der Waals surface area (Å²) in [6, 6.07) is 0. The third-order valence-electron chi connectivity index (χ3n) is 3.12. The highest BCUT2D eigenvalue weighted by molar-refractivity contribution is 6.28. The molecular formula is C11H13ClN4. The second kappa shape index (κ2) is 4.03. The zero-order valence-electron chi connectivity index (χ0n) is 8.86. The van der Waals surface area contributed by atoms with Crippen LogP contribution in [0.4, 0.5) is 0 Å². The van der Waals surface area contributed by atoms with Crippen LogP contribution in [0.15, 0.2) is 18.6 Å². The van der Waals surface area contributed by atoms with Gasteiger partial charge >= 0.3 is 0 Å². The van der Waals surface area contributed by atoms with Gasteiger partial charge in [0.15, 0.2) is 0 Å². The summed E-state index contributed by atoms with van der Waals surface area (Å²) in [6.07, 6.45) is 7.78. The van der Waals surface area contributed by atoms with Crippen molar-refractivity contribution < 1.29 is 0 Å². The summed E-state index contributed by atoms with van der Waals surface area (Å²) >= 11 is 6.10. The van der Waals surface area contributed by atoms with Crippen LogP contribution in [0.25, 0.3) is 5.52 Å². The van der Waals surface area contributed by atoms with Crippen molar-refractivity contribution in [2.45, 2.75) is 18.8 Å². The largest absolute Gasteiger partial charge is 0.316 e. The molecule has 84 valence electrons. The molecule has 0 radical (unpaired) electrons. The molecule has 1 aliphatic heterocycles. The monoisotopic (exact) mass is 236 g/mol. The normalized spacial score (nSPS) is 21.4. The van der Waals surface area contributed by atoms with Crippen molar-refractivity contribution in [3.63, 3.8) is 0 Å². The zero-order chi connectivity index (χ0) is 11.0. The number of nitrogens with one attached hydrogen (secondary N) is 1. The van der Waals surface area contributed by atoms with Gasteiger partial charge in [-0.05, 0) is 31.0 Å². The summed E-state index contributed by atoms with van der Waals surface area (Å²) in [5.41, 5.74) is 2.10. The number of fused-ring (bicyclic) bond motifs is 1. The summed E-state index contributed by atoms with van der Waals surface area (Å²) in [5.74, 6) is 0.459. The molecule has 1 fully saturated rings. The smallest absolute Gasteiger partial charge is 0.207 e. The van der Waals surface area contributed by atoms with E-state index in [2.05, 4.69) is 15.3 Å². The molecule has 16 heavy (non-hydrogen) atoms. The number of nitrogens with zero attached hydrogens (tertiary/aromatic N) is 3. The van der Waals surface area contributed by atoms with Crippen LogP contribution in [0, 0.1) is 0 Å². The molecule has 0 bridgehead atoms. The van der Waals surface area contributed by atoms with Gasteiger partial charge in [0.05, 0.1) is 17.4 Å². The summed E-state index contributed by atoms with van der Waals surface area (Å²) < 4.78 is 1.89. The fourth-order valence-corrected chi connectivity index (χ4v) is 2.55. The van der Waals surface area contributed by atoms with E-state index in [9.17, 15) is 0 Å². The number of imidazole rings is 1. The van der Waals surface area contributed by atoms with Gasteiger partial charge in [-0.15, -0.1) is 0 Å². The molecule has 1 atom stereocenters. The van der Waals surface area contributed by atoms with E-state index >= 15 is 0 Å². The number of halogens is 1. The molecule has 3 heterocycles. The maximum atomic E-state index is 6.10. The van der Waals surface area contributed by atoms with Crippen LogP contribution in [0.3, 0.4) is 0 Å². The average molecular weight is 237 g/mol. The molecule has 2 aromatic heterocycles. The lowest BCUT2D eigenvalue weighted by atomic mass is 9.96. The van der Waals surface area contributed by atoms with E-state index in [1.54, 1.807) is 6.20 Å². The average Bonchev–Trinajstić information content (AvgIpc) is 2.69.